The van der Waals surface area contributed by atoms with Gasteiger partial charge in [0.25, 0.3) is 0 Å². The molecule has 0 unspecified atom stereocenters. The molecule has 0 radical (unpaired) electrons. The lowest BCUT2D eigenvalue weighted by Gasteiger charge is -2.34. The lowest BCUT2D eigenvalue weighted by atomic mass is 10.0. The average molecular weight is 285 g/mol. The standard InChI is InChI=1S/C12H17BrN2O/c13-12-7-10(4-5-14-12)8-15-6-2-1-3-11(15)9-16/h4-5,7,11,16H,1-3,6,8-9H2/t11-/m1/s1. The van der Waals surface area contributed by atoms with Crippen molar-refractivity contribution in [1.29, 1.82) is 0 Å². The molecule has 2 rings (SSSR count). The first-order chi connectivity index (χ1) is 7.79. The fourth-order valence-corrected chi connectivity index (χ4v) is 2.66. The SMILES string of the molecule is OC[C@H]1CCCCN1Cc1ccnc(Br)c1. The Hall–Kier alpha value is -0.450. The predicted molar refractivity (Wildman–Crippen MR) is 67.1 cm³/mol. The molecule has 1 N–H and O–H groups in total. The van der Waals surface area contributed by atoms with Crippen LogP contribution in [0.4, 0.5) is 0 Å². The number of likely N-dealkylation sites (tertiary alicyclic amines) is 1. The van der Waals surface area contributed by atoms with Crippen LogP contribution in [-0.2, 0) is 6.54 Å². The fourth-order valence-electron chi connectivity index (χ4n) is 2.25. The van der Waals surface area contributed by atoms with Crippen molar-refractivity contribution < 1.29 is 5.11 Å². The highest BCUT2D eigenvalue weighted by atomic mass is 79.9. The number of nitrogens with zero attached hydrogens (tertiary/aromatic N) is 2. The fraction of sp³-hybridized carbons (Fsp3) is 0.583. The van der Waals surface area contributed by atoms with Crippen LogP contribution in [0.1, 0.15) is 24.8 Å². The van der Waals surface area contributed by atoms with Crippen LogP contribution in [0.5, 0.6) is 0 Å². The molecule has 1 fully saturated rings. The highest BCUT2D eigenvalue weighted by molar-refractivity contribution is 9.10. The summed E-state index contributed by atoms with van der Waals surface area (Å²) in [6, 6.07) is 4.41. The summed E-state index contributed by atoms with van der Waals surface area (Å²) in [5.74, 6) is 0. The van der Waals surface area contributed by atoms with Gasteiger partial charge in [-0.05, 0) is 53.0 Å². The Kier molecular flexibility index (Phi) is 4.32. The quantitative estimate of drug-likeness (QED) is 0.865. The minimum atomic E-state index is 0.270. The van der Waals surface area contributed by atoms with E-state index in [1.165, 1.54) is 18.4 Å². The smallest absolute Gasteiger partial charge is 0.106 e. The van der Waals surface area contributed by atoms with Crippen molar-refractivity contribution in [3.8, 4) is 0 Å². The number of hydrogen-bond donors (Lipinski definition) is 1. The van der Waals surface area contributed by atoms with E-state index in [9.17, 15) is 5.11 Å². The van der Waals surface area contributed by atoms with Gasteiger partial charge in [-0.2, -0.15) is 0 Å². The van der Waals surface area contributed by atoms with E-state index >= 15 is 0 Å². The number of aliphatic hydroxyl groups is 1. The maximum atomic E-state index is 9.33. The topological polar surface area (TPSA) is 36.4 Å². The highest BCUT2D eigenvalue weighted by Gasteiger charge is 2.21. The van der Waals surface area contributed by atoms with Gasteiger partial charge in [0.15, 0.2) is 0 Å². The molecule has 4 heteroatoms. The molecule has 1 aliphatic heterocycles. The second-order valence-corrected chi connectivity index (χ2v) is 5.10. The number of piperidine rings is 1. The first-order valence-corrected chi connectivity index (χ1v) is 6.54. The van der Waals surface area contributed by atoms with E-state index in [0.717, 1.165) is 24.1 Å². The largest absolute Gasteiger partial charge is 0.395 e. The second-order valence-electron chi connectivity index (χ2n) is 4.29. The minimum absolute atomic E-state index is 0.270. The summed E-state index contributed by atoms with van der Waals surface area (Å²) >= 11 is 3.38. The Morgan fingerprint density at radius 3 is 3.12 bits per heavy atom. The van der Waals surface area contributed by atoms with Crippen LogP contribution in [0.15, 0.2) is 22.9 Å². The van der Waals surface area contributed by atoms with Crippen LogP contribution < -0.4 is 0 Å². The lowest BCUT2D eigenvalue weighted by Crippen LogP contribution is -2.41. The van der Waals surface area contributed by atoms with E-state index in [1.807, 2.05) is 18.3 Å². The summed E-state index contributed by atoms with van der Waals surface area (Å²) in [5, 5.41) is 9.33. The first kappa shape index (κ1) is 12.0. The summed E-state index contributed by atoms with van der Waals surface area (Å²) in [5.41, 5.74) is 1.25. The summed E-state index contributed by atoms with van der Waals surface area (Å²) in [6.07, 6.45) is 5.41. The average Bonchev–Trinajstić information content (AvgIpc) is 2.30. The zero-order valence-electron chi connectivity index (χ0n) is 9.27. The predicted octanol–water partition coefficient (Wildman–Crippen LogP) is 2.19. The van der Waals surface area contributed by atoms with Gasteiger partial charge in [-0.15, -0.1) is 0 Å². The lowest BCUT2D eigenvalue weighted by molar-refractivity contribution is 0.0841. The number of pyridine rings is 1. The third-order valence-corrected chi connectivity index (χ3v) is 3.57. The van der Waals surface area contributed by atoms with Gasteiger partial charge in [0.2, 0.25) is 0 Å². The van der Waals surface area contributed by atoms with Crippen molar-refractivity contribution in [1.82, 2.24) is 9.88 Å². The van der Waals surface area contributed by atoms with E-state index in [1.54, 1.807) is 0 Å². The molecule has 0 aromatic carbocycles. The molecule has 0 saturated carbocycles. The van der Waals surface area contributed by atoms with E-state index in [2.05, 4.69) is 25.8 Å². The zero-order chi connectivity index (χ0) is 11.4. The van der Waals surface area contributed by atoms with Gasteiger partial charge >= 0.3 is 0 Å². The van der Waals surface area contributed by atoms with E-state index < -0.39 is 0 Å². The summed E-state index contributed by atoms with van der Waals surface area (Å²) in [7, 11) is 0. The van der Waals surface area contributed by atoms with Crippen LogP contribution in [0.25, 0.3) is 0 Å². The van der Waals surface area contributed by atoms with Crippen molar-refractivity contribution in [2.75, 3.05) is 13.2 Å². The zero-order valence-corrected chi connectivity index (χ0v) is 10.9. The van der Waals surface area contributed by atoms with Crippen molar-refractivity contribution in [3.05, 3.63) is 28.5 Å². The van der Waals surface area contributed by atoms with Crippen LogP contribution in [0.2, 0.25) is 0 Å². The first-order valence-electron chi connectivity index (χ1n) is 5.75. The van der Waals surface area contributed by atoms with Crippen molar-refractivity contribution in [2.24, 2.45) is 0 Å². The van der Waals surface area contributed by atoms with E-state index in [-0.39, 0.29) is 6.61 Å². The van der Waals surface area contributed by atoms with Crippen LogP contribution in [0.3, 0.4) is 0 Å². The maximum Gasteiger partial charge on any atom is 0.106 e. The molecule has 0 aliphatic carbocycles. The Morgan fingerprint density at radius 1 is 1.50 bits per heavy atom. The van der Waals surface area contributed by atoms with Gasteiger partial charge < -0.3 is 5.11 Å². The molecule has 2 heterocycles. The molecule has 1 aliphatic rings. The number of aromatic nitrogens is 1. The van der Waals surface area contributed by atoms with Gasteiger partial charge in [0.1, 0.15) is 4.60 Å². The Labute approximate surface area is 105 Å². The molecule has 16 heavy (non-hydrogen) atoms. The molecule has 1 aromatic rings. The molecule has 1 atom stereocenters. The highest BCUT2D eigenvalue weighted by Crippen LogP contribution is 2.20. The molecule has 0 bridgehead atoms. The number of hydrogen-bond acceptors (Lipinski definition) is 3. The van der Waals surface area contributed by atoms with Crippen LogP contribution in [-0.4, -0.2) is 34.2 Å². The normalized spacial score (nSPS) is 22.2. The van der Waals surface area contributed by atoms with Crippen molar-refractivity contribution in [3.63, 3.8) is 0 Å². The van der Waals surface area contributed by atoms with Crippen molar-refractivity contribution >= 4 is 15.9 Å². The summed E-state index contributed by atoms with van der Waals surface area (Å²) < 4.78 is 0.877. The minimum Gasteiger partial charge on any atom is -0.395 e. The van der Waals surface area contributed by atoms with Gasteiger partial charge in [0, 0.05) is 18.8 Å². The molecule has 1 aromatic heterocycles. The third-order valence-electron chi connectivity index (χ3n) is 3.14. The molecule has 0 amide bonds. The van der Waals surface area contributed by atoms with Gasteiger partial charge in [-0.1, -0.05) is 6.42 Å². The molecule has 88 valence electrons. The molecule has 0 spiro atoms. The molecular weight excluding hydrogens is 268 g/mol. The Balaban J connectivity index is 2.02. The maximum absolute atomic E-state index is 9.33. The number of halogens is 1. The third kappa shape index (κ3) is 3.03. The Bertz CT molecular complexity index is 346. The molecule has 3 nitrogen and oxygen atoms in total. The van der Waals surface area contributed by atoms with E-state index in [0.29, 0.717) is 6.04 Å². The van der Waals surface area contributed by atoms with Gasteiger partial charge in [0.05, 0.1) is 6.61 Å². The van der Waals surface area contributed by atoms with Gasteiger partial charge in [-0.25, -0.2) is 4.98 Å². The Morgan fingerprint density at radius 2 is 2.38 bits per heavy atom. The van der Waals surface area contributed by atoms with Gasteiger partial charge in [-0.3, -0.25) is 4.90 Å². The molecule has 1 saturated heterocycles. The van der Waals surface area contributed by atoms with E-state index in [4.69, 9.17) is 0 Å². The number of rotatable bonds is 3. The van der Waals surface area contributed by atoms with Crippen molar-refractivity contribution in [2.45, 2.75) is 31.8 Å². The monoisotopic (exact) mass is 284 g/mol. The van der Waals surface area contributed by atoms with Crippen LogP contribution in [0, 0.1) is 0 Å². The number of aliphatic hydroxyl groups excluding tert-OH is 1. The van der Waals surface area contributed by atoms with Crippen LogP contribution >= 0.6 is 15.9 Å². The second kappa shape index (κ2) is 5.75. The summed E-state index contributed by atoms with van der Waals surface area (Å²) in [4.78, 5) is 6.49. The summed E-state index contributed by atoms with van der Waals surface area (Å²) in [6.45, 7) is 2.27. The molecular formula is C12H17BrN2O.